The molecule has 0 bridgehead atoms. The van der Waals surface area contributed by atoms with Crippen LogP contribution in [0, 0.1) is 0 Å². The fourth-order valence-electron chi connectivity index (χ4n) is 2.23. The van der Waals surface area contributed by atoms with Gasteiger partial charge in [0.2, 0.25) is 15.9 Å². The van der Waals surface area contributed by atoms with Gasteiger partial charge in [0, 0.05) is 13.1 Å². The van der Waals surface area contributed by atoms with Gasteiger partial charge in [0.1, 0.15) is 10.7 Å². The predicted octanol–water partition coefficient (Wildman–Crippen LogP) is -0.329. The van der Waals surface area contributed by atoms with E-state index in [2.05, 4.69) is 14.9 Å². The number of aromatic nitrogens is 2. The van der Waals surface area contributed by atoms with Gasteiger partial charge in [-0.2, -0.15) is 9.82 Å². The number of rotatable bonds is 4. The number of nitrogens with two attached hydrogens (primary N) is 1. The molecule has 1 aromatic heterocycles. The Morgan fingerprint density at radius 3 is 2.65 bits per heavy atom. The van der Waals surface area contributed by atoms with E-state index in [1.807, 2.05) is 0 Å². The van der Waals surface area contributed by atoms with Gasteiger partial charge in [-0.25, -0.2) is 8.42 Å². The van der Waals surface area contributed by atoms with Crippen molar-refractivity contribution in [1.29, 1.82) is 0 Å². The number of hydrogen-bond acceptors (Lipinski definition) is 5. The van der Waals surface area contributed by atoms with E-state index in [-0.39, 0.29) is 16.6 Å². The molecular weight excluding hydrogens is 282 g/mol. The maximum Gasteiger partial charge on any atom is 0.246 e. The SMILES string of the molecule is CC(NS(=O)(=O)c1cn[nH]c1N)C(=O)N1CCCCC1. The highest BCUT2D eigenvalue weighted by atomic mass is 32.2. The zero-order valence-electron chi connectivity index (χ0n) is 11.3. The summed E-state index contributed by atoms with van der Waals surface area (Å²) in [5.74, 6) is -0.259. The minimum Gasteiger partial charge on any atom is -0.383 e. The predicted molar refractivity (Wildman–Crippen MR) is 73.2 cm³/mol. The lowest BCUT2D eigenvalue weighted by Gasteiger charge is -2.29. The lowest BCUT2D eigenvalue weighted by molar-refractivity contribution is -0.133. The van der Waals surface area contributed by atoms with Crippen molar-refractivity contribution in [2.75, 3.05) is 18.8 Å². The molecule has 0 saturated carbocycles. The average molecular weight is 301 g/mol. The fourth-order valence-corrected chi connectivity index (χ4v) is 3.45. The van der Waals surface area contributed by atoms with Crippen molar-refractivity contribution in [3.8, 4) is 0 Å². The molecule has 0 aliphatic carbocycles. The highest BCUT2D eigenvalue weighted by Gasteiger charge is 2.28. The average Bonchev–Trinajstić information content (AvgIpc) is 2.85. The molecule has 4 N–H and O–H groups in total. The topological polar surface area (TPSA) is 121 Å². The lowest BCUT2D eigenvalue weighted by Crippen LogP contribution is -2.48. The number of carbonyl (C=O) groups is 1. The van der Waals surface area contributed by atoms with Crippen LogP contribution in [0.2, 0.25) is 0 Å². The normalized spacial score (nSPS) is 17.9. The second-order valence-electron chi connectivity index (χ2n) is 4.88. The summed E-state index contributed by atoms with van der Waals surface area (Å²) in [4.78, 5) is 13.7. The molecule has 20 heavy (non-hydrogen) atoms. The van der Waals surface area contributed by atoms with Gasteiger partial charge in [-0.1, -0.05) is 0 Å². The fraction of sp³-hybridized carbons (Fsp3) is 0.636. The van der Waals surface area contributed by atoms with Crippen LogP contribution in [0.3, 0.4) is 0 Å². The third-order valence-electron chi connectivity index (χ3n) is 3.29. The molecule has 0 radical (unpaired) electrons. The molecule has 9 heteroatoms. The van der Waals surface area contributed by atoms with E-state index in [1.54, 1.807) is 4.90 Å². The molecule has 1 aliphatic heterocycles. The number of H-pyrrole nitrogens is 1. The number of sulfonamides is 1. The smallest absolute Gasteiger partial charge is 0.246 e. The molecule has 2 heterocycles. The van der Waals surface area contributed by atoms with Crippen molar-refractivity contribution in [3.05, 3.63) is 6.20 Å². The van der Waals surface area contributed by atoms with Crippen molar-refractivity contribution in [3.63, 3.8) is 0 Å². The molecule has 1 amide bonds. The Morgan fingerprint density at radius 1 is 1.45 bits per heavy atom. The molecular formula is C11H19N5O3S. The molecule has 1 atom stereocenters. The first-order valence-electron chi connectivity index (χ1n) is 6.52. The van der Waals surface area contributed by atoms with E-state index in [1.165, 1.54) is 6.92 Å². The summed E-state index contributed by atoms with van der Waals surface area (Å²) >= 11 is 0. The third-order valence-corrected chi connectivity index (χ3v) is 4.86. The first-order chi connectivity index (χ1) is 9.42. The van der Waals surface area contributed by atoms with Crippen LogP contribution < -0.4 is 10.5 Å². The van der Waals surface area contributed by atoms with Crippen molar-refractivity contribution in [2.24, 2.45) is 0 Å². The van der Waals surface area contributed by atoms with Crippen LogP contribution >= 0.6 is 0 Å². The van der Waals surface area contributed by atoms with Gasteiger partial charge in [0.15, 0.2) is 0 Å². The Labute approximate surface area is 117 Å². The van der Waals surface area contributed by atoms with Crippen molar-refractivity contribution < 1.29 is 13.2 Å². The Hall–Kier alpha value is -1.61. The van der Waals surface area contributed by atoms with Crippen LogP contribution in [0.1, 0.15) is 26.2 Å². The quantitative estimate of drug-likeness (QED) is 0.703. The summed E-state index contributed by atoms with van der Waals surface area (Å²) in [5, 5.41) is 5.92. The highest BCUT2D eigenvalue weighted by molar-refractivity contribution is 7.89. The van der Waals surface area contributed by atoms with Crippen LogP contribution in [-0.2, 0) is 14.8 Å². The number of nitrogens with zero attached hydrogens (tertiary/aromatic N) is 2. The standard InChI is InChI=1S/C11H19N5O3S/c1-8(11(17)16-5-3-2-4-6-16)15-20(18,19)9-7-13-14-10(9)12/h7-8,15H,2-6H2,1H3,(H3,12,13,14). The maximum atomic E-state index is 12.2. The first kappa shape index (κ1) is 14.8. The highest BCUT2D eigenvalue weighted by Crippen LogP contribution is 2.15. The molecule has 112 valence electrons. The number of amides is 1. The van der Waals surface area contributed by atoms with Crippen LogP contribution in [0.4, 0.5) is 5.82 Å². The van der Waals surface area contributed by atoms with Gasteiger partial charge in [-0.3, -0.25) is 9.89 Å². The Balaban J connectivity index is 2.05. The summed E-state index contributed by atoms with van der Waals surface area (Å²) < 4.78 is 26.5. The van der Waals surface area contributed by atoms with Gasteiger partial charge in [-0.05, 0) is 26.2 Å². The van der Waals surface area contributed by atoms with E-state index >= 15 is 0 Å². The number of hydrogen-bond donors (Lipinski definition) is 3. The summed E-state index contributed by atoms with van der Waals surface area (Å²) in [5.41, 5.74) is 5.49. The number of anilines is 1. The summed E-state index contributed by atoms with van der Waals surface area (Å²) in [6.07, 6.45) is 4.14. The molecule has 1 saturated heterocycles. The van der Waals surface area contributed by atoms with E-state index < -0.39 is 16.1 Å². The minimum absolute atomic E-state index is 0.0462. The van der Waals surface area contributed by atoms with Crippen molar-refractivity contribution in [2.45, 2.75) is 37.1 Å². The largest absolute Gasteiger partial charge is 0.383 e. The zero-order chi connectivity index (χ0) is 14.8. The van der Waals surface area contributed by atoms with Crippen LogP contribution in [-0.4, -0.2) is 48.6 Å². The molecule has 1 aromatic rings. The van der Waals surface area contributed by atoms with Crippen LogP contribution in [0.5, 0.6) is 0 Å². The summed E-state index contributed by atoms with van der Waals surface area (Å²) in [6.45, 7) is 2.89. The second kappa shape index (κ2) is 5.80. The molecule has 0 spiro atoms. The van der Waals surface area contributed by atoms with Crippen molar-refractivity contribution >= 4 is 21.7 Å². The monoisotopic (exact) mass is 301 g/mol. The van der Waals surface area contributed by atoms with Gasteiger partial charge >= 0.3 is 0 Å². The second-order valence-corrected chi connectivity index (χ2v) is 6.56. The van der Waals surface area contributed by atoms with E-state index in [0.29, 0.717) is 13.1 Å². The Kier molecular flexibility index (Phi) is 4.29. The lowest BCUT2D eigenvalue weighted by atomic mass is 10.1. The van der Waals surface area contributed by atoms with Gasteiger partial charge in [0.05, 0.1) is 12.2 Å². The summed E-state index contributed by atoms with van der Waals surface area (Å²) in [6, 6.07) is -0.826. The summed E-state index contributed by atoms with van der Waals surface area (Å²) in [7, 11) is -3.85. The molecule has 1 fully saturated rings. The van der Waals surface area contributed by atoms with Gasteiger partial charge in [-0.15, -0.1) is 0 Å². The zero-order valence-corrected chi connectivity index (χ0v) is 12.1. The number of likely N-dealkylation sites (tertiary alicyclic amines) is 1. The number of nitrogens with one attached hydrogen (secondary N) is 2. The molecule has 0 aromatic carbocycles. The van der Waals surface area contributed by atoms with Crippen LogP contribution in [0.25, 0.3) is 0 Å². The Morgan fingerprint density at radius 2 is 2.10 bits per heavy atom. The number of nitrogen functional groups attached to an aromatic ring is 1. The minimum atomic E-state index is -3.85. The Bertz CT molecular complexity index is 577. The number of piperidine rings is 1. The number of aromatic amines is 1. The van der Waals surface area contributed by atoms with Crippen molar-refractivity contribution in [1.82, 2.24) is 19.8 Å². The van der Waals surface area contributed by atoms with E-state index in [0.717, 1.165) is 25.5 Å². The van der Waals surface area contributed by atoms with Gasteiger partial charge < -0.3 is 10.6 Å². The van der Waals surface area contributed by atoms with E-state index in [4.69, 9.17) is 5.73 Å². The first-order valence-corrected chi connectivity index (χ1v) is 8.00. The molecule has 8 nitrogen and oxygen atoms in total. The van der Waals surface area contributed by atoms with E-state index in [9.17, 15) is 13.2 Å². The number of carbonyl (C=O) groups excluding carboxylic acids is 1. The molecule has 2 rings (SSSR count). The van der Waals surface area contributed by atoms with Gasteiger partial charge in [0.25, 0.3) is 0 Å². The van der Waals surface area contributed by atoms with Crippen LogP contribution in [0.15, 0.2) is 11.1 Å². The third kappa shape index (κ3) is 3.10. The maximum absolute atomic E-state index is 12.2. The molecule has 1 aliphatic rings. The molecule has 1 unspecified atom stereocenters.